The first-order valence-corrected chi connectivity index (χ1v) is 10.7. The molecule has 4 atom stereocenters. The number of hydrogen-bond donors (Lipinski definition) is 1. The van der Waals surface area contributed by atoms with E-state index in [1.54, 1.807) is 4.90 Å². The first-order chi connectivity index (χ1) is 14.9. The van der Waals surface area contributed by atoms with Crippen LogP contribution < -0.4 is 10.2 Å². The van der Waals surface area contributed by atoms with Gasteiger partial charge < -0.3 is 10.2 Å². The van der Waals surface area contributed by atoms with E-state index >= 15 is 0 Å². The summed E-state index contributed by atoms with van der Waals surface area (Å²) in [6, 6.07) is 17.0. The van der Waals surface area contributed by atoms with Gasteiger partial charge in [0, 0.05) is 12.1 Å². The van der Waals surface area contributed by atoms with Crippen LogP contribution >= 0.6 is 0 Å². The van der Waals surface area contributed by atoms with Crippen molar-refractivity contribution >= 4 is 23.4 Å². The zero-order valence-electron chi connectivity index (χ0n) is 17.7. The van der Waals surface area contributed by atoms with Crippen LogP contribution in [0.4, 0.5) is 5.69 Å². The first-order valence-electron chi connectivity index (χ1n) is 10.7. The van der Waals surface area contributed by atoms with Crippen molar-refractivity contribution in [3.05, 3.63) is 77.9 Å². The Morgan fingerprint density at radius 1 is 1.00 bits per heavy atom. The maximum Gasteiger partial charge on any atom is 0.294 e. The smallest absolute Gasteiger partial charge is 0.294 e. The number of anilines is 1. The normalized spacial score (nSPS) is 29.1. The van der Waals surface area contributed by atoms with E-state index in [4.69, 9.17) is 0 Å². The largest absolute Gasteiger partial charge is 0.326 e. The maximum atomic E-state index is 13.9. The Morgan fingerprint density at radius 3 is 2.39 bits per heavy atom. The highest BCUT2D eigenvalue weighted by Crippen LogP contribution is 2.51. The molecule has 6 nitrogen and oxygen atoms in total. The molecule has 2 aromatic carbocycles. The van der Waals surface area contributed by atoms with Crippen LogP contribution in [0.1, 0.15) is 25.0 Å². The quantitative estimate of drug-likeness (QED) is 0.607. The van der Waals surface area contributed by atoms with Gasteiger partial charge in [-0.25, -0.2) is 0 Å². The molecule has 0 aliphatic carbocycles. The molecule has 6 heteroatoms. The number of likely N-dealkylation sites (tertiary alicyclic amines) is 1. The van der Waals surface area contributed by atoms with Crippen LogP contribution in [0.2, 0.25) is 0 Å². The number of amides is 3. The molecule has 0 bridgehead atoms. The summed E-state index contributed by atoms with van der Waals surface area (Å²) in [6.45, 7) is 8.44. The molecule has 31 heavy (non-hydrogen) atoms. The van der Waals surface area contributed by atoms with E-state index in [0.29, 0.717) is 6.54 Å². The molecule has 1 spiro atoms. The van der Waals surface area contributed by atoms with E-state index < -0.39 is 17.4 Å². The third-order valence-corrected chi connectivity index (χ3v) is 6.88. The molecule has 5 rings (SSSR count). The van der Waals surface area contributed by atoms with Crippen molar-refractivity contribution in [2.24, 2.45) is 11.8 Å². The lowest BCUT2D eigenvalue weighted by molar-refractivity contribution is -0.730. The molecular formula is C25H26N3O3+. The zero-order chi connectivity index (χ0) is 21.9. The highest BCUT2D eigenvalue weighted by Gasteiger charge is 2.74. The third-order valence-electron chi connectivity index (χ3n) is 6.88. The summed E-state index contributed by atoms with van der Waals surface area (Å²) in [5, 5.41) is 1.96. The second-order valence-electron chi connectivity index (χ2n) is 9.01. The van der Waals surface area contributed by atoms with Gasteiger partial charge in [0.1, 0.15) is 11.8 Å². The fourth-order valence-corrected chi connectivity index (χ4v) is 5.70. The number of para-hydroxylation sites is 1. The number of nitrogens with zero attached hydrogens (tertiary/aromatic N) is 2. The lowest BCUT2D eigenvalue weighted by Crippen LogP contribution is -2.98. The molecule has 158 valence electrons. The van der Waals surface area contributed by atoms with E-state index in [1.165, 1.54) is 4.90 Å². The average Bonchev–Trinajstić information content (AvgIpc) is 3.29. The highest BCUT2D eigenvalue weighted by atomic mass is 16.2. The first kappa shape index (κ1) is 19.7. The van der Waals surface area contributed by atoms with E-state index in [1.807, 2.05) is 73.8 Å². The van der Waals surface area contributed by atoms with E-state index in [9.17, 15) is 14.4 Å². The Kier molecular flexibility index (Phi) is 4.38. The minimum atomic E-state index is -1.10. The zero-order valence-corrected chi connectivity index (χ0v) is 17.7. The van der Waals surface area contributed by atoms with Crippen molar-refractivity contribution < 1.29 is 19.7 Å². The number of carbonyl (C=O) groups is 3. The third kappa shape index (κ3) is 2.64. The van der Waals surface area contributed by atoms with Gasteiger partial charge in [0.25, 0.3) is 5.91 Å². The van der Waals surface area contributed by atoms with Crippen LogP contribution in [0.25, 0.3) is 0 Å². The van der Waals surface area contributed by atoms with Gasteiger partial charge in [-0.2, -0.15) is 0 Å². The molecule has 3 amide bonds. The summed E-state index contributed by atoms with van der Waals surface area (Å²) in [5.74, 6) is -1.78. The molecule has 2 aromatic rings. The van der Waals surface area contributed by atoms with Crippen molar-refractivity contribution in [2.45, 2.75) is 32.0 Å². The van der Waals surface area contributed by atoms with Crippen molar-refractivity contribution in [3.63, 3.8) is 0 Å². The lowest BCUT2D eigenvalue weighted by Gasteiger charge is -2.27. The van der Waals surface area contributed by atoms with E-state index in [-0.39, 0.29) is 30.3 Å². The van der Waals surface area contributed by atoms with E-state index in [2.05, 4.69) is 6.58 Å². The number of nitrogens with two attached hydrogens (primary N) is 1. The van der Waals surface area contributed by atoms with Gasteiger partial charge in [0.05, 0.1) is 18.3 Å². The Hall–Kier alpha value is -3.25. The van der Waals surface area contributed by atoms with Crippen LogP contribution in [-0.4, -0.2) is 35.2 Å². The second kappa shape index (κ2) is 6.89. The van der Waals surface area contributed by atoms with Crippen molar-refractivity contribution in [1.82, 2.24) is 4.90 Å². The van der Waals surface area contributed by atoms with Gasteiger partial charge >= 0.3 is 0 Å². The maximum absolute atomic E-state index is 13.9. The summed E-state index contributed by atoms with van der Waals surface area (Å²) in [4.78, 5) is 44.0. The summed E-state index contributed by atoms with van der Waals surface area (Å²) in [7, 11) is 0. The van der Waals surface area contributed by atoms with E-state index in [0.717, 1.165) is 22.4 Å². The predicted octanol–water partition coefficient (Wildman–Crippen LogP) is 1.57. The fraction of sp³-hybridized carbons (Fsp3) is 0.320. The Balaban J connectivity index is 1.60. The number of imide groups is 1. The molecule has 3 aliphatic rings. The van der Waals surface area contributed by atoms with Crippen LogP contribution in [-0.2, 0) is 26.5 Å². The van der Waals surface area contributed by atoms with Gasteiger partial charge in [0.15, 0.2) is 0 Å². The van der Waals surface area contributed by atoms with Gasteiger partial charge in [-0.3, -0.25) is 19.3 Å². The van der Waals surface area contributed by atoms with Gasteiger partial charge in [-0.15, -0.1) is 0 Å². The second-order valence-corrected chi connectivity index (χ2v) is 9.01. The Labute approximate surface area is 181 Å². The van der Waals surface area contributed by atoms with Crippen LogP contribution in [0.15, 0.2) is 66.7 Å². The lowest BCUT2D eigenvalue weighted by atomic mass is 9.76. The standard InChI is InChI=1S/C25H25N3O3/c1-15(2)13-27-19-12-8-7-11-18(19)25(24(27)31)21-20(16(3)26-25)22(29)28(23(21)30)14-17-9-5-4-6-10-17/h4-12,16,20-21,26H,1,13-14H2,2-3H3/p+1/t16-,20+,21+,25+/m1/s1. The van der Waals surface area contributed by atoms with Crippen molar-refractivity contribution in [1.29, 1.82) is 0 Å². The molecule has 2 N–H and O–H groups in total. The highest BCUT2D eigenvalue weighted by molar-refractivity contribution is 6.14. The van der Waals surface area contributed by atoms with Crippen LogP contribution in [0, 0.1) is 11.8 Å². The molecule has 0 saturated carbocycles. The van der Waals surface area contributed by atoms with Gasteiger partial charge in [0.2, 0.25) is 17.4 Å². The van der Waals surface area contributed by atoms with Crippen LogP contribution in [0.5, 0.6) is 0 Å². The predicted molar refractivity (Wildman–Crippen MR) is 116 cm³/mol. The molecule has 0 unspecified atom stereocenters. The van der Waals surface area contributed by atoms with Gasteiger partial charge in [-0.1, -0.05) is 60.7 Å². The number of fused-ring (bicyclic) bond motifs is 4. The van der Waals surface area contributed by atoms with Gasteiger partial charge in [-0.05, 0) is 25.5 Å². The number of rotatable bonds is 4. The average molecular weight is 417 g/mol. The summed E-state index contributed by atoms with van der Waals surface area (Å²) < 4.78 is 0. The monoisotopic (exact) mass is 416 g/mol. The Bertz CT molecular complexity index is 1110. The molecule has 0 radical (unpaired) electrons. The SMILES string of the molecule is C=C(C)CN1C(=O)[C@]2([NH2+][C@H](C)[C@@H]3C(=O)N(Cc4ccccc4)C(=O)[C@H]32)c2ccccc21. The minimum absolute atomic E-state index is 0.126. The Morgan fingerprint density at radius 2 is 1.68 bits per heavy atom. The molecule has 2 fully saturated rings. The number of hydrogen-bond acceptors (Lipinski definition) is 3. The molecule has 2 saturated heterocycles. The summed E-state index contributed by atoms with van der Waals surface area (Å²) >= 11 is 0. The topological polar surface area (TPSA) is 74.3 Å². The summed E-state index contributed by atoms with van der Waals surface area (Å²) in [5.41, 5.74) is 2.29. The summed E-state index contributed by atoms with van der Waals surface area (Å²) in [6.07, 6.45) is 0. The minimum Gasteiger partial charge on any atom is -0.326 e. The van der Waals surface area contributed by atoms with Crippen molar-refractivity contribution in [2.75, 3.05) is 11.4 Å². The number of quaternary nitrogens is 1. The molecule has 0 aromatic heterocycles. The fourth-order valence-electron chi connectivity index (χ4n) is 5.70. The number of benzene rings is 2. The van der Waals surface area contributed by atoms with Crippen LogP contribution in [0.3, 0.4) is 0 Å². The number of carbonyl (C=O) groups excluding carboxylic acids is 3. The molecule has 3 heterocycles. The molecular weight excluding hydrogens is 390 g/mol. The van der Waals surface area contributed by atoms with Crippen molar-refractivity contribution in [3.8, 4) is 0 Å². The molecule has 3 aliphatic heterocycles.